The maximum atomic E-state index is 13.1. The molecule has 1 aliphatic heterocycles. The molecule has 9 nitrogen and oxygen atoms in total. The fraction of sp³-hybridized carbons (Fsp3) is 0.250. The van der Waals surface area contributed by atoms with Crippen LogP contribution in [0.3, 0.4) is 0 Å². The molecule has 13 heteroatoms. The van der Waals surface area contributed by atoms with Crippen molar-refractivity contribution in [2.24, 2.45) is 5.10 Å². The topological polar surface area (TPSA) is 118 Å². The number of hydrogen-bond donors (Lipinski definition) is 1. The molecule has 0 saturated carbocycles. The molecule has 1 atom stereocenters. The van der Waals surface area contributed by atoms with E-state index in [9.17, 15) is 33.2 Å². The number of hydrazone groups is 1. The second-order valence-electron chi connectivity index (χ2n) is 5.86. The Hall–Kier alpha value is -3.12. The van der Waals surface area contributed by atoms with Crippen LogP contribution in [0, 0.1) is 10.1 Å². The minimum Gasteiger partial charge on any atom is -0.484 e. The standard InChI is InChI=1S/C16H11ClF3N3O6/c17-11-3-1-9(23(26)27)7-13(11)28-8-10-2-4-12(29-10)14(24)22-15(25,5-6-21-22)16(18,19)20/h1-4,6-7,25H,5,8H2/t15-/m0/s1. The molecule has 29 heavy (non-hydrogen) atoms. The first-order valence-corrected chi connectivity index (χ1v) is 8.22. The summed E-state index contributed by atoms with van der Waals surface area (Å²) in [5, 5.41) is 23.9. The third kappa shape index (κ3) is 3.89. The number of hydrogen-bond acceptors (Lipinski definition) is 7. The fourth-order valence-corrected chi connectivity index (χ4v) is 2.60. The molecule has 0 fully saturated rings. The molecule has 1 aromatic heterocycles. The average molecular weight is 434 g/mol. The lowest BCUT2D eigenvalue weighted by Gasteiger charge is -2.31. The molecule has 154 valence electrons. The Labute approximate surface area is 165 Å². The number of ether oxygens (including phenoxy) is 1. The molecule has 0 unspecified atom stereocenters. The van der Waals surface area contributed by atoms with Crippen LogP contribution in [0.15, 0.2) is 39.9 Å². The number of carbonyl (C=O) groups excluding carboxylic acids is 1. The van der Waals surface area contributed by atoms with Gasteiger partial charge in [-0.15, -0.1) is 0 Å². The van der Waals surface area contributed by atoms with E-state index in [1.54, 1.807) is 0 Å². The van der Waals surface area contributed by atoms with Crippen LogP contribution in [0.1, 0.15) is 22.7 Å². The number of nitrogens with zero attached hydrogens (tertiary/aromatic N) is 3. The number of non-ortho nitro benzene ring substituents is 1. The number of benzene rings is 1. The first-order chi connectivity index (χ1) is 13.5. The third-order valence-electron chi connectivity index (χ3n) is 3.94. The van der Waals surface area contributed by atoms with Gasteiger partial charge in [-0.3, -0.25) is 14.9 Å². The van der Waals surface area contributed by atoms with E-state index in [2.05, 4.69) is 5.10 Å². The van der Waals surface area contributed by atoms with Gasteiger partial charge < -0.3 is 14.3 Å². The Morgan fingerprint density at radius 1 is 1.41 bits per heavy atom. The van der Waals surface area contributed by atoms with Gasteiger partial charge in [0.1, 0.15) is 18.1 Å². The highest BCUT2D eigenvalue weighted by atomic mass is 35.5. The van der Waals surface area contributed by atoms with Gasteiger partial charge in [0.2, 0.25) is 0 Å². The lowest BCUT2D eigenvalue weighted by molar-refractivity contribution is -0.384. The lowest BCUT2D eigenvalue weighted by Crippen LogP contribution is -2.56. The SMILES string of the molecule is O=C(c1ccc(COc2cc([N+](=O)[O-])ccc2Cl)o1)N1N=CC[C@]1(O)C(F)(F)F. The van der Waals surface area contributed by atoms with Crippen molar-refractivity contribution in [1.29, 1.82) is 0 Å². The van der Waals surface area contributed by atoms with Gasteiger partial charge in [0.05, 0.1) is 16.0 Å². The smallest absolute Gasteiger partial charge is 0.438 e. The minimum atomic E-state index is -5.13. The van der Waals surface area contributed by atoms with Crippen LogP contribution in [0.25, 0.3) is 0 Å². The molecule has 3 rings (SSSR count). The summed E-state index contributed by atoms with van der Waals surface area (Å²) in [7, 11) is 0. The van der Waals surface area contributed by atoms with Gasteiger partial charge in [-0.05, 0) is 18.2 Å². The minimum absolute atomic E-state index is 0.0228. The van der Waals surface area contributed by atoms with Crippen LogP contribution in [0.2, 0.25) is 5.02 Å². The zero-order valence-corrected chi connectivity index (χ0v) is 15.0. The summed E-state index contributed by atoms with van der Waals surface area (Å²) in [4.78, 5) is 22.4. The summed E-state index contributed by atoms with van der Waals surface area (Å²) in [5.74, 6) is -1.83. The molecule has 2 aromatic rings. The number of furan rings is 1. The number of alkyl halides is 3. The van der Waals surface area contributed by atoms with E-state index in [-0.39, 0.29) is 33.8 Å². The summed E-state index contributed by atoms with van der Waals surface area (Å²) >= 11 is 5.89. The van der Waals surface area contributed by atoms with E-state index >= 15 is 0 Å². The van der Waals surface area contributed by atoms with E-state index in [1.807, 2.05) is 0 Å². The van der Waals surface area contributed by atoms with Crippen LogP contribution in [-0.4, -0.2) is 39.1 Å². The van der Waals surface area contributed by atoms with Gasteiger partial charge in [-0.1, -0.05) is 11.6 Å². The number of rotatable bonds is 5. The van der Waals surface area contributed by atoms with Crippen molar-refractivity contribution in [2.75, 3.05) is 0 Å². The van der Waals surface area contributed by atoms with Crippen molar-refractivity contribution in [3.63, 3.8) is 0 Å². The third-order valence-corrected chi connectivity index (χ3v) is 4.25. The van der Waals surface area contributed by atoms with Gasteiger partial charge >= 0.3 is 12.1 Å². The molecule has 1 amide bonds. The summed E-state index contributed by atoms with van der Waals surface area (Å²) in [5.41, 5.74) is -3.73. The molecule has 1 N–H and O–H groups in total. The largest absolute Gasteiger partial charge is 0.484 e. The van der Waals surface area contributed by atoms with Crippen LogP contribution < -0.4 is 4.74 Å². The summed E-state index contributed by atoms with van der Waals surface area (Å²) in [6.07, 6.45) is -5.27. The second kappa shape index (κ2) is 7.37. The van der Waals surface area contributed by atoms with Crippen molar-refractivity contribution in [2.45, 2.75) is 24.9 Å². The number of nitro groups is 1. The molecule has 0 radical (unpaired) electrons. The number of aliphatic hydroxyl groups is 1. The number of nitro benzene ring substituents is 1. The predicted octanol–water partition coefficient (Wildman–Crippen LogP) is 3.50. The number of amides is 1. The average Bonchev–Trinajstić information content (AvgIpc) is 3.27. The van der Waals surface area contributed by atoms with E-state index in [0.29, 0.717) is 0 Å². The highest BCUT2D eigenvalue weighted by Gasteiger charge is 2.61. The van der Waals surface area contributed by atoms with Crippen molar-refractivity contribution < 1.29 is 37.1 Å². The molecule has 1 aromatic carbocycles. The molecule has 0 aliphatic carbocycles. The maximum absolute atomic E-state index is 13.1. The predicted molar refractivity (Wildman–Crippen MR) is 91.4 cm³/mol. The summed E-state index contributed by atoms with van der Waals surface area (Å²) in [6, 6.07) is 5.86. The Kier molecular flexibility index (Phi) is 5.24. The molecule has 0 spiro atoms. The van der Waals surface area contributed by atoms with E-state index in [1.165, 1.54) is 18.2 Å². The van der Waals surface area contributed by atoms with E-state index < -0.39 is 34.9 Å². The molecular formula is C16H11ClF3N3O6. The van der Waals surface area contributed by atoms with Gasteiger partial charge in [0.15, 0.2) is 5.76 Å². The van der Waals surface area contributed by atoms with Crippen molar-refractivity contribution in [3.05, 3.63) is 57.0 Å². The fourth-order valence-electron chi connectivity index (χ4n) is 2.43. The van der Waals surface area contributed by atoms with Crippen molar-refractivity contribution >= 4 is 29.4 Å². The normalized spacial score (nSPS) is 18.9. The molecule has 1 aliphatic rings. The Morgan fingerprint density at radius 3 is 2.79 bits per heavy atom. The van der Waals surface area contributed by atoms with E-state index in [0.717, 1.165) is 18.3 Å². The van der Waals surface area contributed by atoms with Crippen molar-refractivity contribution in [1.82, 2.24) is 5.01 Å². The Bertz CT molecular complexity index is 993. The van der Waals surface area contributed by atoms with Crippen LogP contribution in [0.5, 0.6) is 5.75 Å². The van der Waals surface area contributed by atoms with Gasteiger partial charge in [0.25, 0.3) is 11.4 Å². The van der Waals surface area contributed by atoms with Crippen LogP contribution >= 0.6 is 11.6 Å². The Balaban J connectivity index is 1.73. The number of carbonyl (C=O) groups is 1. The number of halogens is 4. The molecular weight excluding hydrogens is 423 g/mol. The van der Waals surface area contributed by atoms with Crippen molar-refractivity contribution in [3.8, 4) is 5.75 Å². The zero-order valence-electron chi connectivity index (χ0n) is 14.2. The first-order valence-electron chi connectivity index (χ1n) is 7.84. The van der Waals surface area contributed by atoms with Crippen LogP contribution in [0.4, 0.5) is 18.9 Å². The maximum Gasteiger partial charge on any atom is 0.438 e. The van der Waals surface area contributed by atoms with Gasteiger partial charge in [-0.2, -0.15) is 23.3 Å². The molecule has 0 saturated heterocycles. The molecule has 2 heterocycles. The van der Waals surface area contributed by atoms with Gasteiger partial charge in [0, 0.05) is 18.7 Å². The monoisotopic (exact) mass is 433 g/mol. The highest BCUT2D eigenvalue weighted by molar-refractivity contribution is 6.32. The first kappa shape index (κ1) is 20.6. The molecule has 0 bridgehead atoms. The highest BCUT2D eigenvalue weighted by Crippen LogP contribution is 2.39. The summed E-state index contributed by atoms with van der Waals surface area (Å²) in [6.45, 7) is -0.318. The summed E-state index contributed by atoms with van der Waals surface area (Å²) < 4.78 is 49.7. The Morgan fingerprint density at radius 2 is 2.14 bits per heavy atom. The van der Waals surface area contributed by atoms with Crippen LogP contribution in [-0.2, 0) is 6.61 Å². The second-order valence-corrected chi connectivity index (χ2v) is 6.27. The zero-order chi connectivity index (χ0) is 21.4. The van der Waals surface area contributed by atoms with E-state index in [4.69, 9.17) is 20.8 Å². The van der Waals surface area contributed by atoms with Gasteiger partial charge in [-0.25, -0.2) is 0 Å². The lowest BCUT2D eigenvalue weighted by atomic mass is 10.1. The quantitative estimate of drug-likeness (QED) is 0.569.